The summed E-state index contributed by atoms with van der Waals surface area (Å²) in [6, 6.07) is 15.0. The van der Waals surface area contributed by atoms with Gasteiger partial charge in [0.1, 0.15) is 23.6 Å². The van der Waals surface area contributed by atoms with Crippen molar-refractivity contribution in [1.82, 2.24) is 0 Å². The first-order valence-corrected chi connectivity index (χ1v) is 10.0. The zero-order valence-electron chi connectivity index (χ0n) is 18.3. The number of carbonyl (C=O) groups excluding carboxylic acids is 3. The van der Waals surface area contributed by atoms with Crippen LogP contribution in [-0.2, 0) is 25.7 Å². The minimum absolute atomic E-state index is 0.218. The van der Waals surface area contributed by atoms with Crippen molar-refractivity contribution < 1.29 is 23.9 Å². The molecule has 1 unspecified atom stereocenters. The van der Waals surface area contributed by atoms with E-state index in [1.54, 1.807) is 24.3 Å². The van der Waals surface area contributed by atoms with Gasteiger partial charge in [0.15, 0.2) is 23.4 Å². The first kappa shape index (κ1) is 24.1. The molecule has 1 atom stereocenters. The van der Waals surface area contributed by atoms with Crippen molar-refractivity contribution in [3.05, 3.63) is 60.2 Å². The third-order valence-electron chi connectivity index (χ3n) is 4.00. The highest BCUT2D eigenvalue weighted by Gasteiger charge is 2.25. The number of azo groups is 1. The number of carbonyl (C=O) groups is 3. The van der Waals surface area contributed by atoms with Crippen molar-refractivity contribution in [1.29, 1.82) is 0 Å². The van der Waals surface area contributed by atoms with Crippen LogP contribution in [0.4, 0.5) is 5.69 Å². The molecule has 0 saturated heterocycles. The Labute approximate surface area is 182 Å². The normalized spacial score (nSPS) is 12.5. The molecule has 0 heterocycles. The summed E-state index contributed by atoms with van der Waals surface area (Å²) in [5.41, 5.74) is 0.871. The molecule has 0 aromatic heterocycles. The van der Waals surface area contributed by atoms with Crippen LogP contribution in [0.25, 0.3) is 0 Å². The van der Waals surface area contributed by atoms with E-state index in [1.165, 1.54) is 6.92 Å². The highest BCUT2D eigenvalue weighted by Crippen LogP contribution is 2.30. The zero-order valence-corrected chi connectivity index (χ0v) is 18.3. The van der Waals surface area contributed by atoms with Crippen LogP contribution in [0.2, 0.25) is 0 Å². The van der Waals surface area contributed by atoms with E-state index in [4.69, 9.17) is 9.47 Å². The molecule has 2 rings (SSSR count). The lowest BCUT2D eigenvalue weighted by Gasteiger charge is -2.22. The molecule has 2 aromatic rings. The van der Waals surface area contributed by atoms with Crippen LogP contribution in [-0.4, -0.2) is 35.6 Å². The Kier molecular flexibility index (Phi) is 8.75. The van der Waals surface area contributed by atoms with Crippen LogP contribution in [0.5, 0.6) is 5.75 Å². The fraction of sp³-hybridized carbons (Fsp3) is 0.375. The number of rotatable bonds is 11. The van der Waals surface area contributed by atoms with E-state index in [0.29, 0.717) is 11.4 Å². The molecule has 2 aromatic carbocycles. The molecule has 0 radical (unpaired) electrons. The van der Waals surface area contributed by atoms with Gasteiger partial charge in [-0.3, -0.25) is 14.4 Å². The fourth-order valence-electron chi connectivity index (χ4n) is 2.65. The predicted octanol–water partition coefficient (Wildman–Crippen LogP) is 4.65. The molecule has 0 N–H and O–H groups in total. The lowest BCUT2D eigenvalue weighted by atomic mass is 10.1. The highest BCUT2D eigenvalue weighted by atomic mass is 16.5. The standard InChI is InChI=1S/C24H28N2O5/c1-17(27)23(26-25-20-12-8-9-13-22(20)31-24(2,3)4)21(29)14-19(28)16-30-15-18-10-6-5-7-11-18/h5-13,23H,14-16H2,1-4H3. The largest absolute Gasteiger partial charge is 0.486 e. The maximum absolute atomic E-state index is 12.5. The Balaban J connectivity index is 1.98. The first-order chi connectivity index (χ1) is 14.7. The predicted molar refractivity (Wildman–Crippen MR) is 117 cm³/mol. The average Bonchev–Trinajstić information content (AvgIpc) is 2.68. The maximum atomic E-state index is 12.5. The van der Waals surface area contributed by atoms with E-state index in [2.05, 4.69) is 10.2 Å². The molecule has 0 saturated carbocycles. The second kappa shape index (κ2) is 11.3. The smallest absolute Gasteiger partial charge is 0.187 e. The molecule has 0 aliphatic carbocycles. The van der Waals surface area contributed by atoms with Crippen LogP contribution >= 0.6 is 0 Å². The topological polar surface area (TPSA) is 94.4 Å². The van der Waals surface area contributed by atoms with Gasteiger partial charge in [-0.05, 0) is 45.4 Å². The summed E-state index contributed by atoms with van der Waals surface area (Å²) >= 11 is 0. The van der Waals surface area contributed by atoms with Gasteiger partial charge in [0, 0.05) is 0 Å². The number of nitrogens with zero attached hydrogens (tertiary/aromatic N) is 2. The third kappa shape index (κ3) is 8.60. The van der Waals surface area contributed by atoms with E-state index in [0.717, 1.165) is 5.56 Å². The Hall–Kier alpha value is -3.19. The summed E-state index contributed by atoms with van der Waals surface area (Å²) in [6.45, 7) is 6.98. The summed E-state index contributed by atoms with van der Waals surface area (Å²) < 4.78 is 11.2. The van der Waals surface area contributed by atoms with E-state index < -0.39 is 35.4 Å². The van der Waals surface area contributed by atoms with Gasteiger partial charge in [0.2, 0.25) is 0 Å². The van der Waals surface area contributed by atoms with Gasteiger partial charge >= 0.3 is 0 Å². The Morgan fingerprint density at radius 3 is 2.26 bits per heavy atom. The second-order valence-corrected chi connectivity index (χ2v) is 8.07. The van der Waals surface area contributed by atoms with Gasteiger partial charge in [-0.2, -0.15) is 10.2 Å². The first-order valence-electron chi connectivity index (χ1n) is 10.0. The minimum atomic E-state index is -1.35. The summed E-state index contributed by atoms with van der Waals surface area (Å²) in [5, 5.41) is 7.98. The van der Waals surface area contributed by atoms with Crippen molar-refractivity contribution in [3.63, 3.8) is 0 Å². The van der Waals surface area contributed by atoms with Crippen LogP contribution in [0.3, 0.4) is 0 Å². The summed E-state index contributed by atoms with van der Waals surface area (Å²) in [5.74, 6) is -1.03. The van der Waals surface area contributed by atoms with E-state index in [1.807, 2.05) is 51.1 Å². The van der Waals surface area contributed by atoms with Crippen molar-refractivity contribution in [2.24, 2.45) is 10.2 Å². The Morgan fingerprint density at radius 1 is 0.968 bits per heavy atom. The molecule has 164 valence electrons. The molecule has 7 heteroatoms. The second-order valence-electron chi connectivity index (χ2n) is 8.07. The van der Waals surface area contributed by atoms with E-state index in [-0.39, 0.29) is 13.2 Å². The lowest BCUT2D eigenvalue weighted by Crippen LogP contribution is -2.29. The molecule has 7 nitrogen and oxygen atoms in total. The van der Waals surface area contributed by atoms with Crippen molar-refractivity contribution in [3.8, 4) is 5.75 Å². The number of hydrogen-bond donors (Lipinski definition) is 0. The monoisotopic (exact) mass is 424 g/mol. The summed E-state index contributed by atoms with van der Waals surface area (Å²) in [7, 11) is 0. The fourth-order valence-corrected chi connectivity index (χ4v) is 2.65. The van der Waals surface area contributed by atoms with Crippen LogP contribution < -0.4 is 4.74 Å². The average molecular weight is 424 g/mol. The third-order valence-corrected chi connectivity index (χ3v) is 4.00. The number of para-hydroxylation sites is 1. The molecule has 31 heavy (non-hydrogen) atoms. The molecule has 0 aliphatic heterocycles. The number of Topliss-reactive ketones (excluding diaryl/α,β-unsaturated/α-hetero) is 3. The SMILES string of the molecule is CC(=O)C(N=Nc1ccccc1OC(C)(C)C)C(=O)CC(=O)COCc1ccccc1. The molecule has 0 aliphatic rings. The van der Waals surface area contributed by atoms with Crippen molar-refractivity contribution >= 4 is 23.0 Å². The molecular weight excluding hydrogens is 396 g/mol. The molecule has 0 fully saturated rings. The lowest BCUT2D eigenvalue weighted by molar-refractivity contribution is -0.132. The maximum Gasteiger partial charge on any atom is 0.187 e. The Bertz CT molecular complexity index is 932. The number of benzene rings is 2. The van der Waals surface area contributed by atoms with Gasteiger partial charge in [-0.1, -0.05) is 42.5 Å². The van der Waals surface area contributed by atoms with Gasteiger partial charge in [0.25, 0.3) is 0 Å². The van der Waals surface area contributed by atoms with Gasteiger partial charge < -0.3 is 9.47 Å². The molecular formula is C24H28N2O5. The van der Waals surface area contributed by atoms with Gasteiger partial charge in [-0.25, -0.2) is 0 Å². The molecule has 0 spiro atoms. The van der Waals surface area contributed by atoms with Crippen LogP contribution in [0, 0.1) is 0 Å². The minimum Gasteiger partial charge on any atom is -0.486 e. The molecule has 0 bridgehead atoms. The Morgan fingerprint density at radius 2 is 1.61 bits per heavy atom. The van der Waals surface area contributed by atoms with Crippen LogP contribution in [0.1, 0.15) is 39.7 Å². The van der Waals surface area contributed by atoms with Crippen LogP contribution in [0.15, 0.2) is 64.8 Å². The zero-order chi connectivity index (χ0) is 22.9. The summed E-state index contributed by atoms with van der Waals surface area (Å²) in [6.07, 6.45) is -0.446. The van der Waals surface area contributed by atoms with E-state index in [9.17, 15) is 14.4 Å². The van der Waals surface area contributed by atoms with Crippen molar-refractivity contribution in [2.75, 3.05) is 6.61 Å². The number of hydrogen-bond acceptors (Lipinski definition) is 7. The van der Waals surface area contributed by atoms with Gasteiger partial charge in [0.05, 0.1) is 13.0 Å². The number of ether oxygens (including phenoxy) is 2. The highest BCUT2D eigenvalue weighted by molar-refractivity contribution is 6.12. The number of ketones is 3. The molecule has 0 amide bonds. The summed E-state index contributed by atoms with van der Waals surface area (Å²) in [4.78, 5) is 36.5. The van der Waals surface area contributed by atoms with E-state index >= 15 is 0 Å². The van der Waals surface area contributed by atoms with Crippen molar-refractivity contribution in [2.45, 2.75) is 52.4 Å². The van der Waals surface area contributed by atoms with Gasteiger partial charge in [-0.15, -0.1) is 0 Å². The quantitative estimate of drug-likeness (QED) is 0.386.